The Morgan fingerprint density at radius 2 is 1.88 bits per heavy atom. The summed E-state index contributed by atoms with van der Waals surface area (Å²) in [6, 6.07) is 7.31. The predicted octanol–water partition coefficient (Wildman–Crippen LogP) is 2.14. The molecule has 1 heterocycles. The van der Waals surface area contributed by atoms with Crippen molar-refractivity contribution in [1.82, 2.24) is 10.6 Å². The van der Waals surface area contributed by atoms with Crippen LogP contribution in [-0.2, 0) is 11.3 Å². The Kier molecular flexibility index (Phi) is 6.45. The van der Waals surface area contributed by atoms with Gasteiger partial charge in [-0.3, -0.25) is 4.79 Å². The number of halogens is 1. The first kappa shape index (κ1) is 18.5. The monoisotopic (exact) mass is 352 g/mol. The number of anilines is 1. The lowest BCUT2D eigenvalue weighted by molar-refractivity contribution is -0.117. The van der Waals surface area contributed by atoms with Crippen LogP contribution in [0.4, 0.5) is 10.5 Å². The molecule has 0 aromatic heterocycles. The van der Waals surface area contributed by atoms with E-state index in [9.17, 15) is 9.59 Å². The molecule has 1 aromatic rings. The quantitative estimate of drug-likeness (QED) is 0.668. The molecule has 0 bridgehead atoms. The molecule has 1 saturated carbocycles. The van der Waals surface area contributed by atoms with Gasteiger partial charge in [-0.2, -0.15) is 0 Å². The van der Waals surface area contributed by atoms with Crippen molar-refractivity contribution >= 4 is 30.0 Å². The molecule has 3 amide bonds. The number of nitrogens with one attached hydrogen (secondary N) is 3. The summed E-state index contributed by atoms with van der Waals surface area (Å²) in [6.45, 7) is 0.386. The first-order chi connectivity index (χ1) is 11.1. The molecular weight excluding hydrogens is 328 g/mol. The number of fused-ring (bicyclic) bond motifs is 1. The number of rotatable bonds is 4. The van der Waals surface area contributed by atoms with Crippen LogP contribution in [0.1, 0.15) is 37.7 Å². The van der Waals surface area contributed by atoms with Gasteiger partial charge in [0.2, 0.25) is 5.91 Å². The SMILES string of the molecule is Cl.NC(=O)NCc1ccc(NC(=O)C2CC3CCCCC3N2)cc1. The van der Waals surface area contributed by atoms with Crippen LogP contribution in [0.3, 0.4) is 0 Å². The van der Waals surface area contributed by atoms with Gasteiger partial charge in [0.25, 0.3) is 0 Å². The van der Waals surface area contributed by atoms with Crippen LogP contribution in [0, 0.1) is 5.92 Å². The average molecular weight is 353 g/mol. The largest absolute Gasteiger partial charge is 0.352 e. The molecule has 0 spiro atoms. The summed E-state index contributed by atoms with van der Waals surface area (Å²) in [5.74, 6) is 0.698. The van der Waals surface area contributed by atoms with Crippen molar-refractivity contribution in [2.24, 2.45) is 11.7 Å². The van der Waals surface area contributed by atoms with Crippen molar-refractivity contribution in [1.29, 1.82) is 0 Å². The lowest BCUT2D eigenvalue weighted by Gasteiger charge is -2.24. The van der Waals surface area contributed by atoms with E-state index in [-0.39, 0.29) is 24.4 Å². The van der Waals surface area contributed by atoms with Crippen LogP contribution in [-0.4, -0.2) is 24.0 Å². The van der Waals surface area contributed by atoms with Crippen molar-refractivity contribution in [2.75, 3.05) is 5.32 Å². The number of nitrogens with two attached hydrogens (primary N) is 1. The fourth-order valence-electron chi connectivity index (χ4n) is 3.65. The van der Waals surface area contributed by atoms with E-state index in [1.165, 1.54) is 25.7 Å². The van der Waals surface area contributed by atoms with Gasteiger partial charge in [-0.05, 0) is 42.9 Å². The Balaban J connectivity index is 0.00000208. The lowest BCUT2D eigenvalue weighted by Crippen LogP contribution is -2.39. The molecule has 0 radical (unpaired) electrons. The van der Waals surface area contributed by atoms with E-state index in [2.05, 4.69) is 16.0 Å². The minimum atomic E-state index is -0.545. The second-order valence-corrected chi connectivity index (χ2v) is 6.51. The molecule has 2 aliphatic rings. The molecule has 24 heavy (non-hydrogen) atoms. The number of carbonyl (C=O) groups is 2. The molecule has 3 atom stereocenters. The standard InChI is InChI=1S/C17H24N4O2.ClH/c18-17(23)19-10-11-5-7-13(8-6-11)20-16(22)15-9-12-3-1-2-4-14(12)21-15;/h5-8,12,14-15,21H,1-4,9-10H2,(H,20,22)(H3,18,19,23);1H. The molecule has 1 aliphatic carbocycles. The van der Waals surface area contributed by atoms with Gasteiger partial charge < -0.3 is 21.7 Å². The molecule has 3 unspecified atom stereocenters. The van der Waals surface area contributed by atoms with Gasteiger partial charge in [0, 0.05) is 18.3 Å². The molecule has 7 heteroatoms. The number of amides is 3. The van der Waals surface area contributed by atoms with Crippen LogP contribution in [0.25, 0.3) is 0 Å². The molecule has 1 aromatic carbocycles. The Hall–Kier alpha value is -1.79. The lowest BCUT2D eigenvalue weighted by atomic mass is 9.85. The Labute approximate surface area is 148 Å². The van der Waals surface area contributed by atoms with Gasteiger partial charge in [-0.25, -0.2) is 4.79 Å². The summed E-state index contributed by atoms with van der Waals surface area (Å²) in [5.41, 5.74) is 6.75. The van der Waals surface area contributed by atoms with Crippen LogP contribution in [0.2, 0.25) is 0 Å². The highest BCUT2D eigenvalue weighted by atomic mass is 35.5. The Morgan fingerprint density at radius 1 is 1.17 bits per heavy atom. The number of carbonyl (C=O) groups excluding carboxylic acids is 2. The Bertz CT molecular complexity index is 564. The zero-order chi connectivity index (χ0) is 16.2. The zero-order valence-corrected chi connectivity index (χ0v) is 14.4. The first-order valence-corrected chi connectivity index (χ1v) is 8.31. The van der Waals surface area contributed by atoms with Crippen molar-refractivity contribution < 1.29 is 9.59 Å². The van der Waals surface area contributed by atoms with Crippen molar-refractivity contribution in [3.8, 4) is 0 Å². The fourth-order valence-corrected chi connectivity index (χ4v) is 3.65. The van der Waals surface area contributed by atoms with Gasteiger partial charge >= 0.3 is 6.03 Å². The second-order valence-electron chi connectivity index (χ2n) is 6.51. The molecule has 3 rings (SSSR count). The van der Waals surface area contributed by atoms with E-state index in [1.54, 1.807) is 0 Å². The first-order valence-electron chi connectivity index (χ1n) is 8.31. The van der Waals surface area contributed by atoms with Gasteiger partial charge in [0.05, 0.1) is 6.04 Å². The smallest absolute Gasteiger partial charge is 0.312 e. The summed E-state index contributed by atoms with van der Waals surface area (Å²) < 4.78 is 0. The van der Waals surface area contributed by atoms with E-state index in [0.717, 1.165) is 17.7 Å². The maximum atomic E-state index is 12.4. The van der Waals surface area contributed by atoms with E-state index >= 15 is 0 Å². The highest BCUT2D eigenvalue weighted by molar-refractivity contribution is 5.95. The van der Waals surface area contributed by atoms with Crippen molar-refractivity contribution in [3.05, 3.63) is 29.8 Å². The number of hydrogen-bond donors (Lipinski definition) is 4. The molecule has 1 saturated heterocycles. The molecule has 5 N–H and O–H groups in total. The summed E-state index contributed by atoms with van der Waals surface area (Å²) in [4.78, 5) is 23.1. The molecule has 2 fully saturated rings. The van der Waals surface area contributed by atoms with Crippen molar-refractivity contribution in [2.45, 2.75) is 50.7 Å². The predicted molar refractivity (Wildman–Crippen MR) is 96.0 cm³/mol. The topological polar surface area (TPSA) is 96.2 Å². The minimum Gasteiger partial charge on any atom is -0.352 e. The fraction of sp³-hybridized carbons (Fsp3) is 0.529. The van der Waals surface area contributed by atoms with Gasteiger partial charge in [-0.15, -0.1) is 12.4 Å². The molecule has 1 aliphatic heterocycles. The maximum absolute atomic E-state index is 12.4. The average Bonchev–Trinajstić information content (AvgIpc) is 2.98. The highest BCUT2D eigenvalue weighted by Gasteiger charge is 2.38. The number of primary amides is 1. The van der Waals surface area contributed by atoms with Crippen molar-refractivity contribution in [3.63, 3.8) is 0 Å². The van der Waals surface area contributed by atoms with E-state index in [0.29, 0.717) is 18.5 Å². The zero-order valence-electron chi connectivity index (χ0n) is 13.6. The minimum absolute atomic E-state index is 0. The summed E-state index contributed by atoms with van der Waals surface area (Å²) >= 11 is 0. The summed E-state index contributed by atoms with van der Waals surface area (Å²) in [5, 5.41) is 8.99. The van der Waals surface area contributed by atoms with Crippen LogP contribution in [0.5, 0.6) is 0 Å². The van der Waals surface area contributed by atoms with Crippen LogP contribution >= 0.6 is 12.4 Å². The van der Waals surface area contributed by atoms with Gasteiger partial charge in [-0.1, -0.05) is 25.0 Å². The third-order valence-corrected chi connectivity index (χ3v) is 4.87. The third-order valence-electron chi connectivity index (χ3n) is 4.87. The third kappa shape index (κ3) is 4.61. The number of benzene rings is 1. The van der Waals surface area contributed by atoms with E-state index in [4.69, 9.17) is 5.73 Å². The number of urea groups is 1. The molecular formula is C17H25ClN4O2. The summed E-state index contributed by atoms with van der Waals surface area (Å²) in [6.07, 6.45) is 5.93. The van der Waals surface area contributed by atoms with E-state index in [1.807, 2.05) is 24.3 Å². The number of hydrogen-bond acceptors (Lipinski definition) is 3. The maximum Gasteiger partial charge on any atom is 0.312 e. The second kappa shape index (κ2) is 8.35. The normalized spacial score (nSPS) is 25.2. The van der Waals surface area contributed by atoms with Crippen LogP contribution < -0.4 is 21.7 Å². The van der Waals surface area contributed by atoms with Gasteiger partial charge in [0.1, 0.15) is 0 Å². The highest BCUT2D eigenvalue weighted by Crippen LogP contribution is 2.33. The Morgan fingerprint density at radius 3 is 2.54 bits per heavy atom. The molecule has 132 valence electrons. The van der Waals surface area contributed by atoms with E-state index < -0.39 is 6.03 Å². The summed E-state index contributed by atoms with van der Waals surface area (Å²) in [7, 11) is 0. The van der Waals surface area contributed by atoms with Gasteiger partial charge in [0.15, 0.2) is 0 Å². The van der Waals surface area contributed by atoms with Crippen LogP contribution in [0.15, 0.2) is 24.3 Å². The molecule has 6 nitrogen and oxygen atoms in total.